The minimum atomic E-state index is -3.24. The van der Waals surface area contributed by atoms with Crippen molar-refractivity contribution < 1.29 is 45.1 Å². The minimum Gasteiger partial charge on any atom is -0.501 e. The van der Waals surface area contributed by atoms with E-state index in [0.29, 0.717) is 33.3 Å². The van der Waals surface area contributed by atoms with Gasteiger partial charge in [0.1, 0.15) is 5.58 Å². The van der Waals surface area contributed by atoms with Crippen molar-refractivity contribution in [3.05, 3.63) is 209 Å². The van der Waals surface area contributed by atoms with Crippen molar-refractivity contribution in [3.8, 4) is 39.8 Å². The summed E-state index contributed by atoms with van der Waals surface area (Å²) in [6.07, 6.45) is -15.4. The average molecular weight is 983 g/mol. The summed E-state index contributed by atoms with van der Waals surface area (Å²) in [4.78, 5) is 13.3. The van der Waals surface area contributed by atoms with Crippen LogP contribution in [0.2, 0.25) is 0 Å². The zero-order chi connectivity index (χ0) is 54.3. The summed E-state index contributed by atoms with van der Waals surface area (Å²) in [7, 11) is 0. The van der Waals surface area contributed by atoms with Crippen LogP contribution in [0.1, 0.15) is 84.8 Å². The van der Waals surface area contributed by atoms with Gasteiger partial charge in [0.25, 0.3) is 0 Å². The van der Waals surface area contributed by atoms with Crippen molar-refractivity contribution in [2.75, 3.05) is 0 Å². The van der Waals surface area contributed by atoms with Gasteiger partial charge in [0.2, 0.25) is 0 Å². The first kappa shape index (κ1) is 26.6. The fraction of sp³-hybridized carbons (Fsp3) is 0.164. The van der Waals surface area contributed by atoms with E-state index in [1.54, 1.807) is 60.7 Å². The Hall–Kier alpha value is -6.51. The van der Waals surface area contributed by atoms with E-state index in [4.69, 9.17) is 8.53 Å². The van der Waals surface area contributed by atoms with Crippen molar-refractivity contribution in [2.24, 2.45) is 0 Å². The molecule has 0 atom stereocenters. The number of nitrogens with zero attached hydrogens (tertiary/aromatic N) is 4. The molecule has 9 rings (SSSR count). The third-order valence-electron chi connectivity index (χ3n) is 9.57. The second kappa shape index (κ2) is 18.8. The van der Waals surface area contributed by atoms with Crippen LogP contribution in [0.5, 0.6) is 0 Å². The topological polar surface area (TPSA) is 75.6 Å². The summed E-state index contributed by atoms with van der Waals surface area (Å²) < 4.78 is 146. The third-order valence-corrected chi connectivity index (χ3v) is 9.57. The molecule has 0 N–H and O–H groups in total. The van der Waals surface area contributed by atoms with E-state index in [9.17, 15) is 21.7 Å². The standard InChI is InChI=1S/C55H43N4O.Ir/c1-37(2)50-32-53(45-12-7-4-8-13-45)59-36-46(50)24-20-42-29-40(18-16-38-22-26-51(57-34-38)44-10-5-3-6-11-44)28-41(30-42)19-17-39-23-27-52(58-35-39)49-15-9-14-48-47-25-21-43(33-56)31-54(47)60-55(48)49;/h3-10,12,14,21-23,25-32,34-37H,16-20,24H2,1-2H3;/q-3;+3/i16D2,17D2,18D2,19D2,20D2,21D,24D2,31D,37D;. The number of rotatable bonds is 13. The quantitative estimate of drug-likeness (QED) is 0.108. The Morgan fingerprint density at radius 2 is 1.26 bits per heavy atom. The van der Waals surface area contributed by atoms with Gasteiger partial charge in [0, 0.05) is 41.8 Å². The summed E-state index contributed by atoms with van der Waals surface area (Å²) in [6, 6.07) is 38.7. The SMILES string of the molecule is [2H]c1cc2c(oc3c(-c4ccc(C([2H])([2H])C([2H])([2H])c5cc(C([2H])([2H])C([2H])([2H])c6ccc(-c7[c-]cccc7)nc6)cc(C([2H])([2H])C([2H])([2H])c6cnc(-c7[c-]cccc7)cc6C([2H])(C)C)c5)cn4)[c-]ccc32)c([2H])c1C#N.[Ir+3]. The van der Waals surface area contributed by atoms with Crippen molar-refractivity contribution >= 4 is 21.9 Å². The van der Waals surface area contributed by atoms with Crippen LogP contribution in [0.3, 0.4) is 0 Å². The van der Waals surface area contributed by atoms with Crippen LogP contribution in [-0.2, 0) is 58.3 Å². The van der Waals surface area contributed by atoms with Crippen LogP contribution in [0.15, 0.2) is 150 Å². The summed E-state index contributed by atoms with van der Waals surface area (Å²) in [5.41, 5.74) is -0.398. The Labute approximate surface area is 392 Å². The number of aryl methyl sites for hydroxylation is 6. The fourth-order valence-corrected chi connectivity index (χ4v) is 6.60. The molecule has 5 nitrogen and oxygen atoms in total. The van der Waals surface area contributed by atoms with E-state index >= 15 is 0 Å². The molecule has 0 saturated heterocycles. The largest absolute Gasteiger partial charge is 3.00 e. The number of furan rings is 1. The molecule has 61 heavy (non-hydrogen) atoms. The van der Waals surface area contributed by atoms with Gasteiger partial charge >= 0.3 is 20.1 Å². The van der Waals surface area contributed by atoms with E-state index in [2.05, 4.69) is 33.2 Å². The van der Waals surface area contributed by atoms with Gasteiger partial charge in [-0.05, 0) is 112 Å². The van der Waals surface area contributed by atoms with E-state index in [1.165, 1.54) is 50.2 Å². The number of hydrogen-bond acceptors (Lipinski definition) is 5. The normalized spacial score (nSPS) is 16.4. The Kier molecular flexibility index (Phi) is 8.22. The van der Waals surface area contributed by atoms with Gasteiger partial charge in [0.05, 0.1) is 20.0 Å². The summed E-state index contributed by atoms with van der Waals surface area (Å²) in [6.45, 7) is 2.99. The molecule has 0 aliphatic rings. The van der Waals surface area contributed by atoms with Gasteiger partial charge < -0.3 is 19.4 Å². The van der Waals surface area contributed by atoms with Gasteiger partial charge in [-0.15, -0.1) is 90.0 Å². The van der Waals surface area contributed by atoms with Crippen molar-refractivity contribution in [2.45, 2.75) is 58.0 Å². The molecular weight excluding hydrogens is 925 g/mol. The molecule has 0 saturated carbocycles. The van der Waals surface area contributed by atoms with Crippen LogP contribution in [-0.4, -0.2) is 15.0 Å². The Morgan fingerprint density at radius 1 is 0.656 bits per heavy atom. The van der Waals surface area contributed by atoms with Gasteiger partial charge in [-0.25, -0.2) is 0 Å². The maximum absolute atomic E-state index is 9.61. The van der Waals surface area contributed by atoms with Crippen molar-refractivity contribution in [3.63, 3.8) is 0 Å². The molecule has 0 fully saturated rings. The maximum atomic E-state index is 9.61. The average Bonchev–Trinajstić information content (AvgIpc) is 3.78. The Morgan fingerprint density at radius 3 is 1.85 bits per heavy atom. The van der Waals surface area contributed by atoms with Crippen LogP contribution in [0.4, 0.5) is 0 Å². The fourth-order valence-electron chi connectivity index (χ4n) is 6.60. The number of pyridine rings is 3. The predicted octanol–water partition coefficient (Wildman–Crippen LogP) is 12.5. The number of nitriles is 1. The minimum absolute atomic E-state index is 0. The monoisotopic (exact) mass is 983 g/mol. The molecule has 0 unspecified atom stereocenters. The second-order valence-electron chi connectivity index (χ2n) is 13.9. The van der Waals surface area contributed by atoms with Crippen LogP contribution in [0, 0.1) is 29.5 Å². The Balaban J connectivity index is 0.00000765. The van der Waals surface area contributed by atoms with Gasteiger partial charge in [0.15, 0.2) is 0 Å². The molecule has 0 bridgehead atoms. The first-order valence-corrected chi connectivity index (χ1v) is 19.0. The van der Waals surface area contributed by atoms with Gasteiger partial charge in [-0.2, -0.15) is 5.26 Å². The molecule has 298 valence electrons. The van der Waals surface area contributed by atoms with Gasteiger partial charge in [-0.1, -0.05) is 79.4 Å². The van der Waals surface area contributed by atoms with E-state index < -0.39 is 60.8 Å². The van der Waals surface area contributed by atoms with Crippen molar-refractivity contribution in [1.29, 1.82) is 5.26 Å². The molecule has 9 aromatic rings. The van der Waals surface area contributed by atoms with Crippen LogP contribution >= 0.6 is 0 Å². The molecular formula is C55H43IrN4O. The molecule has 0 aliphatic carbocycles. The summed E-state index contributed by atoms with van der Waals surface area (Å²) >= 11 is 0. The molecule has 5 aromatic carbocycles. The summed E-state index contributed by atoms with van der Waals surface area (Å²) in [5.74, 6) is -1.54. The number of hydrogen-bond donors (Lipinski definition) is 0. The maximum Gasteiger partial charge on any atom is 3.00 e. The van der Waals surface area contributed by atoms with Crippen LogP contribution < -0.4 is 0 Å². The van der Waals surface area contributed by atoms with E-state index in [0.717, 1.165) is 36.8 Å². The summed E-state index contributed by atoms with van der Waals surface area (Å²) in [5, 5.41) is 10.5. The molecule has 6 heteroatoms. The smallest absolute Gasteiger partial charge is 0.501 e. The van der Waals surface area contributed by atoms with E-state index in [-0.39, 0.29) is 82.4 Å². The molecule has 0 spiro atoms. The molecule has 0 aliphatic heterocycles. The second-order valence-corrected chi connectivity index (χ2v) is 13.9. The number of benzene rings is 5. The third kappa shape index (κ3) is 9.45. The molecule has 0 amide bonds. The first-order chi connectivity index (χ1) is 35.1. The van der Waals surface area contributed by atoms with Crippen LogP contribution in [0.25, 0.3) is 55.7 Å². The zero-order valence-corrected chi connectivity index (χ0v) is 35.1. The van der Waals surface area contributed by atoms with E-state index in [1.807, 2.05) is 6.07 Å². The number of aromatic nitrogens is 3. The molecule has 0 radical (unpaired) electrons. The molecule has 4 heterocycles. The molecule has 4 aromatic heterocycles. The van der Waals surface area contributed by atoms with Crippen molar-refractivity contribution in [1.82, 2.24) is 15.0 Å². The predicted molar refractivity (Wildman–Crippen MR) is 240 cm³/mol. The first-order valence-electron chi connectivity index (χ1n) is 26.5. The van der Waals surface area contributed by atoms with Gasteiger partial charge in [-0.3, -0.25) is 0 Å². The zero-order valence-electron chi connectivity index (χ0n) is 47.7. The number of fused-ring (bicyclic) bond motifs is 3. The Bertz CT molecular complexity index is 3690.